The van der Waals surface area contributed by atoms with Gasteiger partial charge in [0.05, 0.1) is 6.07 Å². The third-order valence-corrected chi connectivity index (χ3v) is 3.06. The van der Waals surface area contributed by atoms with Gasteiger partial charge in [0.15, 0.2) is 0 Å². The fourth-order valence-corrected chi connectivity index (χ4v) is 2.08. The Morgan fingerprint density at radius 1 is 1.21 bits per heavy atom. The minimum atomic E-state index is -0.497. The fraction of sp³-hybridized carbons (Fsp3) is 0.133. The molecule has 96 valence electrons. The highest BCUT2D eigenvalue weighted by Crippen LogP contribution is 2.24. The van der Waals surface area contributed by atoms with Crippen molar-refractivity contribution in [2.24, 2.45) is 0 Å². The maximum absolute atomic E-state index is 12.8. The Morgan fingerprint density at radius 2 is 1.89 bits per heavy atom. The predicted molar refractivity (Wildman–Crippen MR) is 74.6 cm³/mol. The Morgan fingerprint density at radius 3 is 2.47 bits per heavy atom. The highest BCUT2D eigenvalue weighted by atomic mass is 35.5. The third kappa shape index (κ3) is 3.24. The third-order valence-electron chi connectivity index (χ3n) is 2.83. The number of hydrogen-bond donors (Lipinski definition) is 1. The molecule has 0 bridgehead atoms. The zero-order chi connectivity index (χ0) is 13.8. The molecule has 19 heavy (non-hydrogen) atoms. The summed E-state index contributed by atoms with van der Waals surface area (Å²) in [5.41, 5.74) is 2.49. The Kier molecular flexibility index (Phi) is 4.03. The Balaban J connectivity index is 2.25. The van der Waals surface area contributed by atoms with Crippen LogP contribution in [0.25, 0.3) is 0 Å². The van der Waals surface area contributed by atoms with Gasteiger partial charge in [-0.25, -0.2) is 4.39 Å². The molecule has 4 heteroatoms. The van der Waals surface area contributed by atoms with Crippen molar-refractivity contribution in [2.75, 3.05) is 5.32 Å². The Bertz CT molecular complexity index is 617. The quantitative estimate of drug-likeness (QED) is 0.897. The van der Waals surface area contributed by atoms with Gasteiger partial charge >= 0.3 is 0 Å². The molecule has 0 fully saturated rings. The lowest BCUT2D eigenvalue weighted by Gasteiger charge is -2.15. The molecule has 2 rings (SSSR count). The SMILES string of the molecule is Cc1cc(Cl)ccc1C(C#N)Nc1ccc(F)cc1. The van der Waals surface area contributed by atoms with E-state index in [2.05, 4.69) is 11.4 Å². The molecule has 1 unspecified atom stereocenters. The molecule has 0 radical (unpaired) electrons. The maximum atomic E-state index is 12.8. The minimum Gasteiger partial charge on any atom is -0.366 e. The molecule has 1 atom stereocenters. The molecule has 2 aromatic carbocycles. The van der Waals surface area contributed by atoms with Gasteiger partial charge in [0, 0.05) is 10.7 Å². The molecule has 0 heterocycles. The maximum Gasteiger partial charge on any atom is 0.140 e. The van der Waals surface area contributed by atoms with E-state index in [1.54, 1.807) is 18.2 Å². The van der Waals surface area contributed by atoms with E-state index in [-0.39, 0.29) is 5.82 Å². The molecule has 1 N–H and O–H groups in total. The van der Waals surface area contributed by atoms with Crippen LogP contribution in [0.5, 0.6) is 0 Å². The van der Waals surface area contributed by atoms with E-state index in [4.69, 9.17) is 11.6 Å². The zero-order valence-corrected chi connectivity index (χ0v) is 11.1. The summed E-state index contributed by atoms with van der Waals surface area (Å²) >= 11 is 5.90. The summed E-state index contributed by atoms with van der Waals surface area (Å²) in [6.45, 7) is 1.90. The first kappa shape index (κ1) is 13.4. The number of benzene rings is 2. The number of halogens is 2. The van der Waals surface area contributed by atoms with Crippen LogP contribution in [0.1, 0.15) is 17.2 Å². The molecular formula is C15H12ClFN2. The second kappa shape index (κ2) is 5.73. The molecule has 0 aromatic heterocycles. The van der Waals surface area contributed by atoms with E-state index in [0.717, 1.165) is 11.1 Å². The van der Waals surface area contributed by atoms with Crippen molar-refractivity contribution in [3.05, 3.63) is 64.4 Å². The number of nitrogens with one attached hydrogen (secondary N) is 1. The standard InChI is InChI=1S/C15H12ClFN2/c1-10-8-11(16)2-7-14(10)15(9-18)19-13-5-3-12(17)4-6-13/h2-8,15,19H,1H3. The van der Waals surface area contributed by atoms with E-state index < -0.39 is 6.04 Å². The number of rotatable bonds is 3. The van der Waals surface area contributed by atoms with Crippen molar-refractivity contribution in [1.29, 1.82) is 5.26 Å². The molecule has 0 aliphatic carbocycles. The molecule has 0 spiro atoms. The van der Waals surface area contributed by atoms with Crippen molar-refractivity contribution in [1.82, 2.24) is 0 Å². The molecule has 2 aromatic rings. The molecule has 0 aliphatic heterocycles. The normalized spacial score (nSPS) is 11.7. The van der Waals surface area contributed by atoms with Crippen molar-refractivity contribution >= 4 is 17.3 Å². The van der Waals surface area contributed by atoms with E-state index in [1.165, 1.54) is 12.1 Å². The summed E-state index contributed by atoms with van der Waals surface area (Å²) < 4.78 is 12.8. The van der Waals surface area contributed by atoms with Gasteiger partial charge in [0.25, 0.3) is 0 Å². The minimum absolute atomic E-state index is 0.304. The second-order valence-electron chi connectivity index (χ2n) is 4.21. The highest BCUT2D eigenvalue weighted by molar-refractivity contribution is 6.30. The average Bonchev–Trinajstić information content (AvgIpc) is 2.39. The average molecular weight is 275 g/mol. The number of nitrogens with zero attached hydrogens (tertiary/aromatic N) is 1. The van der Waals surface area contributed by atoms with Crippen LogP contribution in [0.4, 0.5) is 10.1 Å². The van der Waals surface area contributed by atoms with Crippen LogP contribution in [-0.4, -0.2) is 0 Å². The van der Waals surface area contributed by atoms with E-state index in [0.29, 0.717) is 10.7 Å². The summed E-state index contributed by atoms with van der Waals surface area (Å²) in [6, 6.07) is 13.0. The number of aryl methyl sites for hydroxylation is 1. The summed E-state index contributed by atoms with van der Waals surface area (Å²) in [6.07, 6.45) is 0. The van der Waals surface area contributed by atoms with Crippen LogP contribution >= 0.6 is 11.6 Å². The van der Waals surface area contributed by atoms with Crippen molar-refractivity contribution in [3.8, 4) is 6.07 Å². The van der Waals surface area contributed by atoms with Crippen molar-refractivity contribution in [3.63, 3.8) is 0 Å². The van der Waals surface area contributed by atoms with Crippen LogP contribution in [0.15, 0.2) is 42.5 Å². The van der Waals surface area contributed by atoms with Gasteiger partial charge in [-0.3, -0.25) is 0 Å². The molecule has 0 saturated heterocycles. The summed E-state index contributed by atoms with van der Waals surface area (Å²) in [4.78, 5) is 0. The van der Waals surface area contributed by atoms with Gasteiger partial charge in [-0.15, -0.1) is 0 Å². The zero-order valence-electron chi connectivity index (χ0n) is 10.3. The first-order chi connectivity index (χ1) is 9.10. The largest absolute Gasteiger partial charge is 0.366 e. The Hall–Kier alpha value is -2.05. The van der Waals surface area contributed by atoms with Gasteiger partial charge in [-0.05, 0) is 54.4 Å². The van der Waals surface area contributed by atoms with Crippen molar-refractivity contribution < 1.29 is 4.39 Å². The van der Waals surface area contributed by atoms with Crippen molar-refractivity contribution in [2.45, 2.75) is 13.0 Å². The highest BCUT2D eigenvalue weighted by Gasteiger charge is 2.13. The van der Waals surface area contributed by atoms with Gasteiger partial charge in [0.1, 0.15) is 11.9 Å². The smallest absolute Gasteiger partial charge is 0.140 e. The molecule has 0 amide bonds. The summed E-state index contributed by atoms with van der Waals surface area (Å²) in [7, 11) is 0. The molecule has 0 aliphatic rings. The molecule has 0 saturated carbocycles. The molecular weight excluding hydrogens is 263 g/mol. The molecule has 2 nitrogen and oxygen atoms in total. The fourth-order valence-electron chi connectivity index (χ4n) is 1.86. The predicted octanol–water partition coefficient (Wildman–Crippen LogP) is 4.46. The summed E-state index contributed by atoms with van der Waals surface area (Å²) in [5.74, 6) is -0.304. The lowest BCUT2D eigenvalue weighted by molar-refractivity contribution is 0.628. The van der Waals surface area contributed by atoms with Crippen LogP contribution in [0.2, 0.25) is 5.02 Å². The lowest BCUT2D eigenvalue weighted by atomic mass is 10.0. The summed E-state index contributed by atoms with van der Waals surface area (Å²) in [5, 5.41) is 13.0. The van der Waals surface area contributed by atoms with Crippen LogP contribution in [0, 0.1) is 24.1 Å². The topological polar surface area (TPSA) is 35.8 Å². The van der Waals surface area contributed by atoms with Gasteiger partial charge in [0.2, 0.25) is 0 Å². The number of anilines is 1. The number of hydrogen-bond acceptors (Lipinski definition) is 2. The second-order valence-corrected chi connectivity index (χ2v) is 4.65. The van der Waals surface area contributed by atoms with E-state index >= 15 is 0 Å². The Labute approximate surface area is 116 Å². The monoisotopic (exact) mass is 274 g/mol. The van der Waals surface area contributed by atoms with E-state index in [9.17, 15) is 9.65 Å². The van der Waals surface area contributed by atoms with Gasteiger partial charge < -0.3 is 5.32 Å². The van der Waals surface area contributed by atoms with E-state index in [1.807, 2.05) is 19.1 Å². The van der Waals surface area contributed by atoms with Crippen LogP contribution in [0.3, 0.4) is 0 Å². The van der Waals surface area contributed by atoms with Gasteiger partial charge in [-0.2, -0.15) is 5.26 Å². The lowest BCUT2D eigenvalue weighted by Crippen LogP contribution is -2.09. The van der Waals surface area contributed by atoms with Crippen LogP contribution < -0.4 is 5.32 Å². The number of nitriles is 1. The van der Waals surface area contributed by atoms with Gasteiger partial charge in [-0.1, -0.05) is 17.7 Å². The first-order valence-electron chi connectivity index (χ1n) is 5.78. The van der Waals surface area contributed by atoms with Crippen LogP contribution in [-0.2, 0) is 0 Å². The first-order valence-corrected chi connectivity index (χ1v) is 6.15.